The smallest absolute Gasteiger partial charge is 0.287 e. The molecule has 3 heterocycles. The van der Waals surface area contributed by atoms with Gasteiger partial charge in [0, 0.05) is 30.2 Å². The number of nitrogens with one attached hydrogen (secondary N) is 2. The van der Waals surface area contributed by atoms with Crippen molar-refractivity contribution in [2.75, 3.05) is 13.1 Å². The predicted octanol–water partition coefficient (Wildman–Crippen LogP) is 3.29. The zero-order chi connectivity index (χ0) is 18.8. The molecule has 2 N–H and O–H groups in total. The fraction of sp³-hybridized carbons (Fsp3) is 0.333. The fourth-order valence-corrected chi connectivity index (χ4v) is 3.85. The molecule has 6 heteroatoms. The van der Waals surface area contributed by atoms with E-state index in [2.05, 4.69) is 34.7 Å². The molecule has 2 aromatic heterocycles. The monoisotopic (exact) mass is 365 g/mol. The summed E-state index contributed by atoms with van der Waals surface area (Å²) < 4.78 is 5.07. The molecule has 1 aliphatic rings. The maximum atomic E-state index is 12.7. The summed E-state index contributed by atoms with van der Waals surface area (Å²) in [5, 5.41) is 3.98. The van der Waals surface area contributed by atoms with E-state index in [1.165, 1.54) is 17.2 Å². The molecule has 1 fully saturated rings. The van der Waals surface area contributed by atoms with Crippen LogP contribution in [0.15, 0.2) is 53.3 Å². The zero-order valence-corrected chi connectivity index (χ0v) is 15.3. The first-order chi connectivity index (χ1) is 13.1. The zero-order valence-electron chi connectivity index (χ0n) is 15.3. The standard InChI is InChI=1S/C21H23N3O3/c1-14(23-20(25)19-7-4-12-27-19)21(26)24-10-8-15(9-11-24)17-13-22-18-6-3-2-5-16(17)18/h2-7,12-15,22H,8-11H2,1H3,(H,23,25). The summed E-state index contributed by atoms with van der Waals surface area (Å²) in [7, 11) is 0. The lowest BCUT2D eigenvalue weighted by Gasteiger charge is -2.33. The Bertz CT molecular complexity index is 937. The summed E-state index contributed by atoms with van der Waals surface area (Å²) in [6.45, 7) is 3.11. The van der Waals surface area contributed by atoms with E-state index in [0.29, 0.717) is 19.0 Å². The fourth-order valence-electron chi connectivity index (χ4n) is 3.85. The van der Waals surface area contributed by atoms with Gasteiger partial charge in [0.05, 0.1) is 6.26 Å². The minimum atomic E-state index is -0.577. The third-order valence-electron chi connectivity index (χ3n) is 5.33. The van der Waals surface area contributed by atoms with Gasteiger partial charge >= 0.3 is 0 Å². The molecule has 0 bridgehead atoms. The van der Waals surface area contributed by atoms with Gasteiger partial charge < -0.3 is 19.6 Å². The molecular weight excluding hydrogens is 342 g/mol. The van der Waals surface area contributed by atoms with Gasteiger partial charge in [0.1, 0.15) is 6.04 Å². The van der Waals surface area contributed by atoms with Crippen molar-refractivity contribution in [1.82, 2.24) is 15.2 Å². The molecule has 0 radical (unpaired) electrons. The Balaban J connectivity index is 1.36. The number of likely N-dealkylation sites (tertiary alicyclic amines) is 1. The number of rotatable bonds is 4. The number of furan rings is 1. The number of fused-ring (bicyclic) bond motifs is 1. The lowest BCUT2D eigenvalue weighted by atomic mass is 9.89. The summed E-state index contributed by atoms with van der Waals surface area (Å²) in [5.74, 6) is 0.243. The molecule has 27 heavy (non-hydrogen) atoms. The normalized spacial score (nSPS) is 16.4. The minimum absolute atomic E-state index is 0.0488. The quantitative estimate of drug-likeness (QED) is 0.745. The maximum absolute atomic E-state index is 12.7. The van der Waals surface area contributed by atoms with E-state index in [1.807, 2.05) is 11.0 Å². The van der Waals surface area contributed by atoms with Crippen LogP contribution in [0, 0.1) is 0 Å². The lowest BCUT2D eigenvalue weighted by Crippen LogP contribution is -2.49. The van der Waals surface area contributed by atoms with Gasteiger partial charge in [-0.2, -0.15) is 0 Å². The first-order valence-electron chi connectivity index (χ1n) is 9.32. The molecule has 1 atom stereocenters. The van der Waals surface area contributed by atoms with Crippen molar-refractivity contribution in [3.63, 3.8) is 0 Å². The van der Waals surface area contributed by atoms with Crippen LogP contribution in [0.4, 0.5) is 0 Å². The number of nitrogens with zero attached hydrogens (tertiary/aromatic N) is 1. The number of benzene rings is 1. The molecule has 1 saturated heterocycles. The number of para-hydroxylation sites is 1. The van der Waals surface area contributed by atoms with Crippen LogP contribution in [-0.4, -0.2) is 40.8 Å². The van der Waals surface area contributed by atoms with E-state index >= 15 is 0 Å². The highest BCUT2D eigenvalue weighted by Crippen LogP contribution is 2.33. The number of hydrogen-bond donors (Lipinski definition) is 2. The van der Waals surface area contributed by atoms with E-state index in [1.54, 1.807) is 19.1 Å². The Morgan fingerprint density at radius 2 is 1.96 bits per heavy atom. The molecule has 1 aromatic carbocycles. The second-order valence-electron chi connectivity index (χ2n) is 7.06. The highest BCUT2D eigenvalue weighted by molar-refractivity contribution is 5.95. The van der Waals surface area contributed by atoms with Crippen LogP contribution < -0.4 is 5.32 Å². The second-order valence-corrected chi connectivity index (χ2v) is 7.06. The molecule has 0 saturated carbocycles. The molecular formula is C21H23N3O3. The van der Waals surface area contributed by atoms with Crippen LogP contribution in [0.3, 0.4) is 0 Å². The maximum Gasteiger partial charge on any atom is 0.287 e. The van der Waals surface area contributed by atoms with Crippen LogP contribution in [0.5, 0.6) is 0 Å². The van der Waals surface area contributed by atoms with Crippen molar-refractivity contribution in [2.45, 2.75) is 31.7 Å². The largest absolute Gasteiger partial charge is 0.459 e. The SMILES string of the molecule is CC(NC(=O)c1ccco1)C(=O)N1CCC(c2c[nH]c3ccccc23)CC1. The van der Waals surface area contributed by atoms with Crippen LogP contribution >= 0.6 is 0 Å². The average molecular weight is 365 g/mol. The number of piperidine rings is 1. The molecule has 3 aromatic rings. The van der Waals surface area contributed by atoms with Crippen molar-refractivity contribution in [3.8, 4) is 0 Å². The molecule has 4 rings (SSSR count). The summed E-state index contributed by atoms with van der Waals surface area (Å²) in [5.41, 5.74) is 2.48. The molecule has 6 nitrogen and oxygen atoms in total. The third kappa shape index (κ3) is 3.47. The Kier molecular flexibility index (Phi) is 4.71. The Morgan fingerprint density at radius 1 is 1.19 bits per heavy atom. The Hall–Kier alpha value is -3.02. The molecule has 1 aliphatic heterocycles. The van der Waals surface area contributed by atoms with Crippen molar-refractivity contribution in [1.29, 1.82) is 0 Å². The van der Waals surface area contributed by atoms with E-state index in [-0.39, 0.29) is 17.6 Å². The number of hydrogen-bond acceptors (Lipinski definition) is 3. The van der Waals surface area contributed by atoms with Crippen LogP contribution in [0.2, 0.25) is 0 Å². The minimum Gasteiger partial charge on any atom is -0.459 e. The number of H-pyrrole nitrogens is 1. The summed E-state index contributed by atoms with van der Waals surface area (Å²) in [4.78, 5) is 29.9. The van der Waals surface area contributed by atoms with Crippen LogP contribution in [0.25, 0.3) is 10.9 Å². The van der Waals surface area contributed by atoms with Gasteiger partial charge in [0.25, 0.3) is 5.91 Å². The average Bonchev–Trinajstić information content (AvgIpc) is 3.37. The number of carbonyl (C=O) groups excluding carboxylic acids is 2. The van der Waals surface area contributed by atoms with Gasteiger partial charge in [-0.15, -0.1) is 0 Å². The number of amides is 2. The summed E-state index contributed by atoms with van der Waals surface area (Å²) in [6, 6.07) is 11.0. The van der Waals surface area contributed by atoms with Crippen LogP contribution in [0.1, 0.15) is 41.8 Å². The van der Waals surface area contributed by atoms with E-state index in [4.69, 9.17) is 4.42 Å². The lowest BCUT2D eigenvalue weighted by molar-refractivity contribution is -0.133. The third-order valence-corrected chi connectivity index (χ3v) is 5.33. The van der Waals surface area contributed by atoms with Crippen molar-refractivity contribution < 1.29 is 14.0 Å². The molecule has 2 amide bonds. The number of carbonyl (C=O) groups is 2. The number of aromatic amines is 1. The summed E-state index contributed by atoms with van der Waals surface area (Å²) in [6.07, 6.45) is 5.38. The Morgan fingerprint density at radius 3 is 2.70 bits per heavy atom. The predicted molar refractivity (Wildman–Crippen MR) is 102 cm³/mol. The van der Waals surface area contributed by atoms with Crippen LogP contribution in [-0.2, 0) is 4.79 Å². The Labute approximate surface area is 157 Å². The van der Waals surface area contributed by atoms with E-state index in [9.17, 15) is 9.59 Å². The highest BCUT2D eigenvalue weighted by Gasteiger charge is 2.28. The van der Waals surface area contributed by atoms with Crippen molar-refractivity contribution in [3.05, 3.63) is 60.2 Å². The molecule has 1 unspecified atom stereocenters. The van der Waals surface area contributed by atoms with Gasteiger partial charge in [-0.05, 0) is 49.4 Å². The van der Waals surface area contributed by atoms with E-state index in [0.717, 1.165) is 18.4 Å². The molecule has 140 valence electrons. The summed E-state index contributed by atoms with van der Waals surface area (Å²) >= 11 is 0. The van der Waals surface area contributed by atoms with Crippen molar-refractivity contribution >= 4 is 22.7 Å². The topological polar surface area (TPSA) is 78.3 Å². The van der Waals surface area contributed by atoms with Gasteiger partial charge in [0.2, 0.25) is 5.91 Å². The first kappa shape index (κ1) is 17.4. The van der Waals surface area contributed by atoms with E-state index < -0.39 is 6.04 Å². The van der Waals surface area contributed by atoms with Gasteiger partial charge in [-0.3, -0.25) is 9.59 Å². The van der Waals surface area contributed by atoms with Crippen molar-refractivity contribution in [2.24, 2.45) is 0 Å². The van der Waals surface area contributed by atoms with Gasteiger partial charge in [-0.25, -0.2) is 0 Å². The number of aromatic nitrogens is 1. The molecule has 0 spiro atoms. The van der Waals surface area contributed by atoms with Gasteiger partial charge in [-0.1, -0.05) is 18.2 Å². The second kappa shape index (κ2) is 7.31. The highest BCUT2D eigenvalue weighted by atomic mass is 16.3. The van der Waals surface area contributed by atoms with Gasteiger partial charge in [0.15, 0.2) is 5.76 Å². The first-order valence-corrected chi connectivity index (χ1v) is 9.32. The molecule has 0 aliphatic carbocycles.